The number of methoxy groups -OCH3 is 1. The number of fused-ring (bicyclic) bond motifs is 1. The average Bonchev–Trinajstić information content (AvgIpc) is 3.39. The van der Waals surface area contributed by atoms with Crippen LogP contribution in [-0.2, 0) is 9.53 Å². The Kier molecular flexibility index (Phi) is 8.60. The molecule has 1 amide bonds. The molecule has 0 bridgehead atoms. The monoisotopic (exact) mass is 558 g/mol. The molecule has 2 saturated heterocycles. The number of hydrogen-bond donors (Lipinski definition) is 0. The van der Waals surface area contributed by atoms with Gasteiger partial charge in [0, 0.05) is 58.4 Å². The number of para-hydroxylation sites is 1. The van der Waals surface area contributed by atoms with Gasteiger partial charge < -0.3 is 24.2 Å². The van der Waals surface area contributed by atoms with Crippen molar-refractivity contribution in [2.24, 2.45) is 0 Å². The Hall–Kier alpha value is -3.58. The molecule has 2 aromatic heterocycles. The van der Waals surface area contributed by atoms with E-state index in [1.54, 1.807) is 18.2 Å². The molecule has 3 aromatic rings. The van der Waals surface area contributed by atoms with E-state index >= 15 is 0 Å². The van der Waals surface area contributed by atoms with Gasteiger partial charge in [-0.05, 0) is 26.0 Å². The highest BCUT2D eigenvalue weighted by atomic mass is 19.3. The van der Waals surface area contributed by atoms with Crippen LogP contribution in [0.15, 0.2) is 24.3 Å². The van der Waals surface area contributed by atoms with Gasteiger partial charge in [0.15, 0.2) is 5.82 Å². The molecule has 0 radical (unpaired) electrons. The van der Waals surface area contributed by atoms with Crippen LogP contribution in [0.4, 0.5) is 20.4 Å². The van der Waals surface area contributed by atoms with Crippen LogP contribution in [-0.4, -0.2) is 114 Å². The van der Waals surface area contributed by atoms with Crippen LogP contribution in [0.25, 0.3) is 17.0 Å². The molecule has 40 heavy (non-hydrogen) atoms. The summed E-state index contributed by atoms with van der Waals surface area (Å²) in [7, 11) is 1.48. The summed E-state index contributed by atoms with van der Waals surface area (Å²) in [5.41, 5.74) is 0.771. The van der Waals surface area contributed by atoms with Crippen LogP contribution in [0.3, 0.4) is 0 Å². The highest BCUT2D eigenvalue weighted by Crippen LogP contribution is 2.33. The van der Waals surface area contributed by atoms with E-state index in [1.807, 2.05) is 24.8 Å². The third-order valence-electron chi connectivity index (χ3n) is 7.48. The molecule has 0 saturated carbocycles. The molecule has 13 heteroatoms. The number of nitrogens with zero attached hydrogens (tertiary/aromatic N) is 8. The van der Waals surface area contributed by atoms with E-state index in [0.717, 1.165) is 0 Å². The molecule has 0 spiro atoms. The first-order valence-corrected chi connectivity index (χ1v) is 13.7. The number of benzene rings is 1. The van der Waals surface area contributed by atoms with Gasteiger partial charge in [-0.3, -0.25) is 14.3 Å². The van der Waals surface area contributed by atoms with Crippen molar-refractivity contribution in [3.05, 3.63) is 30.1 Å². The number of halogens is 2. The first-order valence-electron chi connectivity index (χ1n) is 13.7. The van der Waals surface area contributed by atoms with Crippen molar-refractivity contribution in [3.63, 3.8) is 0 Å². The summed E-state index contributed by atoms with van der Waals surface area (Å²) in [6.45, 7) is 10.8. The average molecular weight is 559 g/mol. The van der Waals surface area contributed by atoms with Crippen molar-refractivity contribution in [1.82, 2.24) is 29.3 Å². The lowest BCUT2D eigenvalue weighted by Crippen LogP contribution is -2.50. The number of morpholine rings is 1. The summed E-state index contributed by atoms with van der Waals surface area (Å²) in [6.07, 6.45) is -2.84. The predicted molar refractivity (Wildman–Crippen MR) is 148 cm³/mol. The second kappa shape index (κ2) is 12.3. The molecular weight excluding hydrogens is 522 g/mol. The van der Waals surface area contributed by atoms with E-state index < -0.39 is 12.2 Å². The highest BCUT2D eigenvalue weighted by Gasteiger charge is 2.27. The quantitative estimate of drug-likeness (QED) is 0.393. The van der Waals surface area contributed by atoms with E-state index in [9.17, 15) is 13.6 Å². The van der Waals surface area contributed by atoms with Crippen LogP contribution in [0.5, 0.6) is 5.75 Å². The summed E-state index contributed by atoms with van der Waals surface area (Å²) in [6, 6.07) is 7.05. The molecule has 2 aliphatic rings. The zero-order valence-corrected chi connectivity index (χ0v) is 23.2. The van der Waals surface area contributed by atoms with E-state index in [4.69, 9.17) is 19.4 Å². The fourth-order valence-corrected chi connectivity index (χ4v) is 5.24. The molecule has 1 aromatic carbocycles. The van der Waals surface area contributed by atoms with Crippen LogP contribution < -0.4 is 14.5 Å². The first kappa shape index (κ1) is 28.0. The van der Waals surface area contributed by atoms with Crippen molar-refractivity contribution < 1.29 is 23.0 Å². The number of aromatic nitrogens is 4. The summed E-state index contributed by atoms with van der Waals surface area (Å²) in [4.78, 5) is 34.6. The molecule has 0 aliphatic carbocycles. The molecule has 0 atom stereocenters. The fourth-order valence-electron chi connectivity index (χ4n) is 5.24. The smallest absolute Gasteiger partial charge is 0.296 e. The Bertz CT molecular complexity index is 1320. The second-order valence-corrected chi connectivity index (χ2v) is 9.75. The highest BCUT2D eigenvalue weighted by molar-refractivity contribution is 5.84. The van der Waals surface area contributed by atoms with E-state index in [1.165, 1.54) is 11.7 Å². The number of hydrogen-bond acceptors (Lipinski definition) is 9. The molecule has 5 rings (SSSR count). The number of rotatable bonds is 9. The summed E-state index contributed by atoms with van der Waals surface area (Å²) in [5.74, 6) is 1.50. The largest absolute Gasteiger partial charge is 0.494 e. The third-order valence-corrected chi connectivity index (χ3v) is 7.48. The minimum Gasteiger partial charge on any atom is -0.494 e. The maximum absolute atomic E-state index is 14.3. The minimum atomic E-state index is -2.84. The lowest BCUT2D eigenvalue weighted by Gasteiger charge is -2.36. The number of piperazine rings is 1. The second-order valence-electron chi connectivity index (χ2n) is 9.75. The summed E-state index contributed by atoms with van der Waals surface area (Å²) < 4.78 is 40.8. The molecule has 2 fully saturated rings. The molecule has 4 heterocycles. The first-order chi connectivity index (χ1) is 19.4. The fraction of sp³-hybridized carbons (Fsp3) is 0.556. The lowest BCUT2D eigenvalue weighted by atomic mass is 10.3. The topological polar surface area (TPSA) is 92.1 Å². The van der Waals surface area contributed by atoms with E-state index in [0.29, 0.717) is 101 Å². The number of alkyl halides is 2. The van der Waals surface area contributed by atoms with Gasteiger partial charge in [-0.15, -0.1) is 0 Å². The van der Waals surface area contributed by atoms with Crippen molar-refractivity contribution in [2.45, 2.75) is 20.3 Å². The van der Waals surface area contributed by atoms with E-state index in [2.05, 4.69) is 19.7 Å². The molecule has 11 nitrogen and oxygen atoms in total. The number of amides is 1. The van der Waals surface area contributed by atoms with Gasteiger partial charge in [0.2, 0.25) is 11.9 Å². The summed E-state index contributed by atoms with van der Waals surface area (Å²) >= 11 is 0. The lowest BCUT2D eigenvalue weighted by molar-refractivity contribution is -0.132. The van der Waals surface area contributed by atoms with Crippen LogP contribution >= 0.6 is 0 Å². The Balaban J connectivity index is 1.49. The molecule has 2 aliphatic heterocycles. The van der Waals surface area contributed by atoms with Crippen LogP contribution in [0, 0.1) is 0 Å². The molecule has 216 valence electrons. The van der Waals surface area contributed by atoms with Crippen molar-refractivity contribution in [2.75, 3.05) is 89.0 Å². The number of likely N-dealkylation sites (N-methyl/N-ethyl adjacent to an activating group) is 1. The van der Waals surface area contributed by atoms with Gasteiger partial charge in [-0.1, -0.05) is 6.07 Å². The number of anilines is 2. The zero-order chi connectivity index (χ0) is 28.2. The SMILES string of the molecule is CCN(CC)C(=O)CN1CCN(c2cc(N3CCOCC3)nc(-n3c(C(F)F)nc4c(OC)cccc43)n2)CC1. The standard InChI is InChI=1S/C27H36F2N8O3/c1-4-34(5-2)23(38)18-33-9-11-35(12-10-33)21-17-22(36-13-15-40-16-14-36)31-27(30-21)37-19-7-6-8-20(39-3)24(19)32-26(37)25(28)29/h6-8,17,25H,4-5,9-16,18H2,1-3H3. The van der Waals surface area contributed by atoms with Gasteiger partial charge in [-0.2, -0.15) is 9.97 Å². The van der Waals surface area contributed by atoms with E-state index in [-0.39, 0.29) is 11.9 Å². The Labute approximate surface area is 232 Å². The molecule has 0 unspecified atom stereocenters. The minimum absolute atomic E-state index is 0.124. The van der Waals surface area contributed by atoms with Gasteiger partial charge in [0.25, 0.3) is 6.43 Å². The van der Waals surface area contributed by atoms with Crippen LogP contribution in [0.2, 0.25) is 0 Å². The third kappa shape index (κ3) is 5.66. The maximum atomic E-state index is 14.3. The Morgan fingerprint density at radius 2 is 1.65 bits per heavy atom. The number of carbonyl (C=O) groups excluding carboxylic acids is 1. The van der Waals surface area contributed by atoms with Crippen molar-refractivity contribution >= 4 is 28.6 Å². The van der Waals surface area contributed by atoms with Gasteiger partial charge in [-0.25, -0.2) is 13.8 Å². The maximum Gasteiger partial charge on any atom is 0.296 e. The molecular formula is C27H36F2N8O3. The van der Waals surface area contributed by atoms with Crippen LogP contribution in [0.1, 0.15) is 26.1 Å². The predicted octanol–water partition coefficient (Wildman–Crippen LogP) is 2.59. The number of imidazole rings is 1. The zero-order valence-electron chi connectivity index (χ0n) is 23.2. The van der Waals surface area contributed by atoms with Crippen molar-refractivity contribution in [1.29, 1.82) is 0 Å². The Morgan fingerprint density at radius 1 is 1.00 bits per heavy atom. The van der Waals surface area contributed by atoms with Gasteiger partial charge in [0.05, 0.1) is 32.4 Å². The number of carbonyl (C=O) groups is 1. The molecule has 0 N–H and O–H groups in total. The summed E-state index contributed by atoms with van der Waals surface area (Å²) in [5, 5.41) is 0. The van der Waals surface area contributed by atoms with Gasteiger partial charge >= 0.3 is 0 Å². The normalized spacial score (nSPS) is 16.6. The van der Waals surface area contributed by atoms with Crippen molar-refractivity contribution in [3.8, 4) is 11.7 Å². The Morgan fingerprint density at radius 3 is 2.25 bits per heavy atom. The van der Waals surface area contributed by atoms with Gasteiger partial charge in [0.1, 0.15) is 22.9 Å². The number of ether oxygens (including phenoxy) is 2.